The molecule has 1 aromatic carbocycles. The number of amides is 1. The van der Waals surface area contributed by atoms with Crippen molar-refractivity contribution >= 4 is 27.9 Å². The summed E-state index contributed by atoms with van der Waals surface area (Å²) in [7, 11) is 0. The second kappa shape index (κ2) is 7.43. The summed E-state index contributed by atoms with van der Waals surface area (Å²) in [4.78, 5) is 13.9. The van der Waals surface area contributed by atoms with Gasteiger partial charge in [0, 0.05) is 4.88 Å². The molecule has 152 valence electrons. The van der Waals surface area contributed by atoms with Gasteiger partial charge in [-0.05, 0) is 48.3 Å². The zero-order chi connectivity index (χ0) is 20.7. The molecule has 0 bridgehead atoms. The van der Waals surface area contributed by atoms with Crippen LogP contribution in [0, 0.1) is 11.3 Å². The molecule has 0 fully saturated rings. The van der Waals surface area contributed by atoms with Gasteiger partial charge in [0.2, 0.25) is 0 Å². The van der Waals surface area contributed by atoms with Crippen molar-refractivity contribution in [3.8, 4) is 0 Å². The number of alkyl halides is 3. The molecule has 0 unspecified atom stereocenters. The maximum absolute atomic E-state index is 13.2. The van der Waals surface area contributed by atoms with E-state index in [1.165, 1.54) is 29.5 Å². The largest absolute Gasteiger partial charge is 0.418 e. The average molecular weight is 411 g/mol. The molecule has 0 aliphatic heterocycles. The monoisotopic (exact) mass is 410 g/mol. The standard InChI is InChI=1S/C21H25F3N2OS/c1-4-20(2,3)12-9-10-13-16(11-12)28-18(25)17(13)19(27)26-15-8-6-5-7-14(15)21(22,23)24/h5-8,12H,4,9-11,25H2,1-3H3,(H,26,27)/t12-/m1/s1. The van der Waals surface area contributed by atoms with E-state index in [2.05, 4.69) is 26.1 Å². The summed E-state index contributed by atoms with van der Waals surface area (Å²) in [5.41, 5.74) is 6.44. The van der Waals surface area contributed by atoms with Crippen LogP contribution in [0.1, 0.15) is 60.0 Å². The Morgan fingerprint density at radius 1 is 1.29 bits per heavy atom. The first-order valence-corrected chi connectivity index (χ1v) is 10.2. The van der Waals surface area contributed by atoms with Crippen LogP contribution in [0.3, 0.4) is 0 Å². The van der Waals surface area contributed by atoms with Crippen molar-refractivity contribution < 1.29 is 18.0 Å². The molecule has 3 nitrogen and oxygen atoms in total. The minimum Gasteiger partial charge on any atom is -0.390 e. The molecule has 0 spiro atoms. The third-order valence-corrected chi connectivity index (χ3v) is 7.10. The molecule has 0 saturated heterocycles. The molecule has 1 atom stereocenters. The van der Waals surface area contributed by atoms with Crippen LogP contribution in [0.25, 0.3) is 0 Å². The van der Waals surface area contributed by atoms with Gasteiger partial charge >= 0.3 is 6.18 Å². The van der Waals surface area contributed by atoms with Crippen molar-refractivity contribution in [2.24, 2.45) is 11.3 Å². The summed E-state index contributed by atoms with van der Waals surface area (Å²) < 4.78 is 39.6. The Kier molecular flexibility index (Phi) is 5.49. The SMILES string of the molecule is CCC(C)(C)[C@@H]1CCc2c(sc(N)c2C(=O)Nc2ccccc2C(F)(F)F)C1. The Bertz CT molecular complexity index is 886. The minimum atomic E-state index is -4.54. The van der Waals surface area contributed by atoms with E-state index in [0.717, 1.165) is 42.2 Å². The van der Waals surface area contributed by atoms with Gasteiger partial charge in [0.1, 0.15) is 0 Å². The first kappa shape index (κ1) is 20.7. The van der Waals surface area contributed by atoms with Gasteiger partial charge in [0.05, 0.1) is 21.8 Å². The topological polar surface area (TPSA) is 55.1 Å². The normalized spacial score (nSPS) is 17.3. The Hall–Kier alpha value is -2.02. The minimum absolute atomic E-state index is 0.199. The maximum atomic E-state index is 13.2. The van der Waals surface area contributed by atoms with Crippen molar-refractivity contribution in [2.75, 3.05) is 11.1 Å². The molecule has 1 aliphatic rings. The van der Waals surface area contributed by atoms with Gasteiger partial charge in [-0.2, -0.15) is 13.2 Å². The number of fused-ring (bicyclic) bond motifs is 1. The Morgan fingerprint density at radius 2 is 1.96 bits per heavy atom. The fourth-order valence-electron chi connectivity index (χ4n) is 3.84. The molecule has 1 aromatic heterocycles. The summed E-state index contributed by atoms with van der Waals surface area (Å²) >= 11 is 1.39. The second-order valence-electron chi connectivity index (χ2n) is 8.02. The number of anilines is 2. The molecule has 3 N–H and O–H groups in total. The number of para-hydroxylation sites is 1. The molecule has 1 amide bonds. The molecule has 0 saturated carbocycles. The number of benzene rings is 1. The zero-order valence-electron chi connectivity index (χ0n) is 16.2. The van der Waals surface area contributed by atoms with E-state index in [-0.39, 0.29) is 11.1 Å². The number of hydrogen-bond donors (Lipinski definition) is 2. The number of thiophene rings is 1. The molecule has 7 heteroatoms. The van der Waals surface area contributed by atoms with Crippen molar-refractivity contribution in [2.45, 2.75) is 52.6 Å². The van der Waals surface area contributed by atoms with Crippen LogP contribution in [0.2, 0.25) is 0 Å². The predicted molar refractivity (Wildman–Crippen MR) is 108 cm³/mol. The Morgan fingerprint density at radius 3 is 2.61 bits per heavy atom. The number of halogens is 3. The summed E-state index contributed by atoms with van der Waals surface area (Å²) in [5.74, 6) is -0.0650. The summed E-state index contributed by atoms with van der Waals surface area (Å²) in [6.07, 6.45) is -0.945. The summed E-state index contributed by atoms with van der Waals surface area (Å²) in [6, 6.07) is 4.98. The molecule has 1 aliphatic carbocycles. The highest BCUT2D eigenvalue weighted by molar-refractivity contribution is 7.16. The average Bonchev–Trinajstić information content (AvgIpc) is 2.96. The zero-order valence-corrected chi connectivity index (χ0v) is 17.1. The maximum Gasteiger partial charge on any atom is 0.418 e. The quantitative estimate of drug-likeness (QED) is 0.636. The van der Waals surface area contributed by atoms with Crippen molar-refractivity contribution in [3.63, 3.8) is 0 Å². The Balaban J connectivity index is 1.88. The third-order valence-electron chi connectivity index (χ3n) is 6.02. The van der Waals surface area contributed by atoms with Crippen molar-refractivity contribution in [1.29, 1.82) is 0 Å². The predicted octanol–water partition coefficient (Wildman–Crippen LogP) is 6.14. The number of nitrogens with one attached hydrogen (secondary N) is 1. The number of carbonyl (C=O) groups excluding carboxylic acids is 1. The second-order valence-corrected chi connectivity index (χ2v) is 9.16. The molecule has 1 heterocycles. The number of nitrogen functional groups attached to an aromatic ring is 1. The smallest absolute Gasteiger partial charge is 0.390 e. The van der Waals surface area contributed by atoms with E-state index in [1.54, 1.807) is 0 Å². The number of carbonyl (C=O) groups is 1. The van der Waals surface area contributed by atoms with E-state index < -0.39 is 17.6 Å². The summed E-state index contributed by atoms with van der Waals surface area (Å²) in [6.45, 7) is 6.68. The van der Waals surface area contributed by atoms with Crippen molar-refractivity contribution in [3.05, 3.63) is 45.8 Å². The molecular weight excluding hydrogens is 385 g/mol. The van der Waals surface area contributed by atoms with Crippen LogP contribution >= 0.6 is 11.3 Å². The molecule has 3 rings (SSSR count). The van der Waals surface area contributed by atoms with Crippen LogP contribution in [0.4, 0.5) is 23.9 Å². The fourth-order valence-corrected chi connectivity index (χ4v) is 5.03. The van der Waals surface area contributed by atoms with Gasteiger partial charge in [0.15, 0.2) is 0 Å². The fraction of sp³-hybridized carbons (Fsp3) is 0.476. The lowest BCUT2D eigenvalue weighted by molar-refractivity contribution is -0.136. The number of hydrogen-bond acceptors (Lipinski definition) is 3. The lowest BCUT2D eigenvalue weighted by Crippen LogP contribution is -2.29. The van der Waals surface area contributed by atoms with Gasteiger partial charge in [0.25, 0.3) is 5.91 Å². The van der Waals surface area contributed by atoms with Crippen LogP contribution in [0.5, 0.6) is 0 Å². The lowest BCUT2D eigenvalue weighted by atomic mass is 9.69. The van der Waals surface area contributed by atoms with E-state index >= 15 is 0 Å². The van der Waals surface area contributed by atoms with E-state index in [4.69, 9.17) is 5.73 Å². The summed E-state index contributed by atoms with van der Waals surface area (Å²) in [5, 5.41) is 2.81. The first-order valence-electron chi connectivity index (χ1n) is 9.42. The first-order chi connectivity index (χ1) is 13.0. The van der Waals surface area contributed by atoms with Gasteiger partial charge < -0.3 is 11.1 Å². The lowest BCUT2D eigenvalue weighted by Gasteiger charge is -2.36. The highest BCUT2D eigenvalue weighted by Crippen LogP contribution is 2.45. The molecule has 28 heavy (non-hydrogen) atoms. The van der Waals surface area contributed by atoms with E-state index in [1.807, 2.05) is 0 Å². The van der Waals surface area contributed by atoms with Crippen LogP contribution in [-0.2, 0) is 19.0 Å². The van der Waals surface area contributed by atoms with Gasteiger partial charge in [-0.3, -0.25) is 4.79 Å². The Labute approximate surface area is 167 Å². The third kappa shape index (κ3) is 3.90. The highest BCUT2D eigenvalue weighted by Gasteiger charge is 2.36. The van der Waals surface area contributed by atoms with Crippen molar-refractivity contribution in [1.82, 2.24) is 0 Å². The molecular formula is C21H25F3N2OS. The highest BCUT2D eigenvalue weighted by atomic mass is 32.1. The molecule has 0 radical (unpaired) electrons. The molecule has 2 aromatic rings. The van der Waals surface area contributed by atoms with Crippen LogP contribution in [-0.4, -0.2) is 5.91 Å². The van der Waals surface area contributed by atoms with Gasteiger partial charge in [-0.15, -0.1) is 11.3 Å². The number of nitrogens with two attached hydrogens (primary N) is 1. The van der Waals surface area contributed by atoms with Gasteiger partial charge in [-0.1, -0.05) is 39.3 Å². The van der Waals surface area contributed by atoms with Crippen LogP contribution in [0.15, 0.2) is 24.3 Å². The van der Waals surface area contributed by atoms with E-state index in [9.17, 15) is 18.0 Å². The number of rotatable bonds is 4. The van der Waals surface area contributed by atoms with Crippen LogP contribution < -0.4 is 11.1 Å². The van der Waals surface area contributed by atoms with E-state index in [0.29, 0.717) is 16.5 Å². The van der Waals surface area contributed by atoms with Gasteiger partial charge in [-0.25, -0.2) is 0 Å².